The summed E-state index contributed by atoms with van der Waals surface area (Å²) in [6, 6.07) is 0. The van der Waals surface area contributed by atoms with Crippen molar-refractivity contribution in [1.29, 1.82) is 0 Å². The Kier molecular flexibility index (Phi) is 7.16. The molecule has 0 rings (SSSR count). The highest BCUT2D eigenvalue weighted by atomic mass is 16.3. The molecule has 64 valence electrons. The lowest BCUT2D eigenvalue weighted by atomic mass is 10.2. The summed E-state index contributed by atoms with van der Waals surface area (Å²) in [6.07, 6.45) is 11.0. The minimum atomic E-state index is -0.207. The molecule has 0 saturated heterocycles. The molecule has 0 aliphatic carbocycles. The highest BCUT2D eigenvalue weighted by molar-refractivity contribution is 4.92. The molecule has 0 aromatic heterocycles. The fourth-order valence-corrected chi connectivity index (χ4v) is 0.731. The third-order valence-corrected chi connectivity index (χ3v) is 1.32. The van der Waals surface area contributed by atoms with E-state index >= 15 is 0 Å². The molecule has 1 heteroatoms. The Morgan fingerprint density at radius 3 is 2.36 bits per heavy atom. The van der Waals surface area contributed by atoms with Gasteiger partial charge in [-0.2, -0.15) is 0 Å². The van der Waals surface area contributed by atoms with Crippen molar-refractivity contribution in [1.82, 2.24) is 0 Å². The lowest BCUT2D eigenvalue weighted by Gasteiger charge is -1.94. The van der Waals surface area contributed by atoms with Crippen LogP contribution in [-0.4, -0.2) is 11.2 Å². The van der Waals surface area contributed by atoms with Gasteiger partial charge >= 0.3 is 0 Å². The Labute approximate surface area is 69.4 Å². The molecule has 0 heterocycles. The predicted octanol–water partition coefficient (Wildman–Crippen LogP) is 2.67. The van der Waals surface area contributed by atoms with E-state index in [1.807, 2.05) is 6.08 Å². The summed E-state index contributed by atoms with van der Waals surface area (Å²) in [4.78, 5) is 0. The first-order valence-electron chi connectivity index (χ1n) is 4.25. The van der Waals surface area contributed by atoms with Crippen LogP contribution < -0.4 is 0 Å². The van der Waals surface area contributed by atoms with Gasteiger partial charge < -0.3 is 5.11 Å². The molecular weight excluding hydrogens is 136 g/mol. The molecule has 0 aromatic carbocycles. The van der Waals surface area contributed by atoms with Crippen molar-refractivity contribution in [3.8, 4) is 0 Å². The highest BCUT2D eigenvalue weighted by Gasteiger charge is 1.86. The van der Waals surface area contributed by atoms with Gasteiger partial charge in [0, 0.05) is 0 Å². The summed E-state index contributed by atoms with van der Waals surface area (Å²) in [6.45, 7) is 3.92. The van der Waals surface area contributed by atoms with Gasteiger partial charge in [-0.05, 0) is 26.2 Å². The van der Waals surface area contributed by atoms with Crippen molar-refractivity contribution in [2.75, 3.05) is 0 Å². The Balaban J connectivity index is 3.23. The summed E-state index contributed by atoms with van der Waals surface area (Å²) in [5, 5.41) is 8.89. The average Bonchev–Trinajstić information content (AvgIpc) is 1.96. The summed E-state index contributed by atoms with van der Waals surface area (Å²) >= 11 is 0. The molecule has 0 aliphatic rings. The smallest absolute Gasteiger partial charge is 0.0546 e. The lowest BCUT2D eigenvalue weighted by molar-refractivity contribution is 0.198. The van der Waals surface area contributed by atoms with Crippen molar-refractivity contribution in [3.05, 3.63) is 24.3 Å². The van der Waals surface area contributed by atoms with Crippen molar-refractivity contribution < 1.29 is 5.11 Å². The second kappa shape index (κ2) is 7.55. The number of hydrogen-bond acceptors (Lipinski definition) is 1. The first-order chi connectivity index (χ1) is 5.27. The zero-order chi connectivity index (χ0) is 8.53. The van der Waals surface area contributed by atoms with Gasteiger partial charge in [0.1, 0.15) is 0 Å². The number of hydrogen-bond donors (Lipinski definition) is 1. The molecule has 0 fully saturated rings. The van der Waals surface area contributed by atoms with Crippen LogP contribution in [0.25, 0.3) is 0 Å². The largest absolute Gasteiger partial charge is 0.393 e. The molecular formula is C10H18O. The van der Waals surface area contributed by atoms with Gasteiger partial charge in [0.15, 0.2) is 0 Å². The van der Waals surface area contributed by atoms with Crippen LogP contribution in [0, 0.1) is 0 Å². The molecule has 11 heavy (non-hydrogen) atoms. The Morgan fingerprint density at radius 1 is 1.18 bits per heavy atom. The van der Waals surface area contributed by atoms with Crippen molar-refractivity contribution in [3.63, 3.8) is 0 Å². The van der Waals surface area contributed by atoms with E-state index in [-0.39, 0.29) is 6.10 Å². The van der Waals surface area contributed by atoms with Gasteiger partial charge in [0.05, 0.1) is 6.10 Å². The maximum Gasteiger partial charge on any atom is 0.0546 e. The highest BCUT2D eigenvalue weighted by Crippen LogP contribution is 1.94. The summed E-state index contributed by atoms with van der Waals surface area (Å²) < 4.78 is 0. The number of aliphatic hydroxyl groups is 1. The minimum absolute atomic E-state index is 0.207. The molecule has 0 spiro atoms. The normalized spacial score (nSPS) is 14.8. The van der Waals surface area contributed by atoms with Gasteiger partial charge in [-0.25, -0.2) is 0 Å². The van der Waals surface area contributed by atoms with Crippen LogP contribution in [0.2, 0.25) is 0 Å². The predicted molar refractivity (Wildman–Crippen MR) is 49.5 cm³/mol. The zero-order valence-corrected chi connectivity index (χ0v) is 7.46. The first kappa shape index (κ1) is 10.4. The number of aliphatic hydroxyl groups excluding tert-OH is 1. The first-order valence-corrected chi connectivity index (χ1v) is 4.25. The van der Waals surface area contributed by atoms with E-state index < -0.39 is 0 Å². The zero-order valence-electron chi connectivity index (χ0n) is 7.46. The van der Waals surface area contributed by atoms with Gasteiger partial charge in [0.25, 0.3) is 0 Å². The third-order valence-electron chi connectivity index (χ3n) is 1.32. The summed E-state index contributed by atoms with van der Waals surface area (Å²) in [5.74, 6) is 0. The fraction of sp³-hybridized carbons (Fsp3) is 0.600. The van der Waals surface area contributed by atoms with Gasteiger partial charge in [-0.3, -0.25) is 0 Å². The fourth-order valence-electron chi connectivity index (χ4n) is 0.731. The molecule has 1 N–H and O–H groups in total. The van der Waals surface area contributed by atoms with Gasteiger partial charge in [-0.15, -0.1) is 0 Å². The molecule has 0 amide bonds. The maximum atomic E-state index is 8.89. The summed E-state index contributed by atoms with van der Waals surface area (Å²) in [5.41, 5.74) is 0. The molecule has 1 nitrogen and oxygen atoms in total. The molecule has 0 saturated carbocycles. The third kappa shape index (κ3) is 9.44. The van der Waals surface area contributed by atoms with E-state index in [0.29, 0.717) is 0 Å². The van der Waals surface area contributed by atoms with E-state index in [2.05, 4.69) is 25.2 Å². The van der Waals surface area contributed by atoms with E-state index in [0.717, 1.165) is 19.3 Å². The van der Waals surface area contributed by atoms with Crippen molar-refractivity contribution in [2.45, 2.75) is 39.2 Å². The van der Waals surface area contributed by atoms with E-state index in [9.17, 15) is 0 Å². The standard InChI is InChI=1S/C10H18O/c1-3-4-5-6-7-8-9-10(2)11/h4-5,7-8,10-11H,3,6,9H2,1-2H3/b5-4+,8-7+. The molecule has 0 radical (unpaired) electrons. The van der Waals surface area contributed by atoms with Crippen LogP contribution in [0.3, 0.4) is 0 Å². The monoisotopic (exact) mass is 154 g/mol. The van der Waals surface area contributed by atoms with Gasteiger partial charge in [-0.1, -0.05) is 31.2 Å². The van der Waals surface area contributed by atoms with Crippen LogP contribution in [0.4, 0.5) is 0 Å². The van der Waals surface area contributed by atoms with Crippen LogP contribution in [0.15, 0.2) is 24.3 Å². The Bertz CT molecular complexity index is 123. The van der Waals surface area contributed by atoms with E-state index in [4.69, 9.17) is 5.11 Å². The SMILES string of the molecule is CC/C=C/C/C=C/CC(C)O. The Hall–Kier alpha value is -0.560. The topological polar surface area (TPSA) is 20.2 Å². The van der Waals surface area contributed by atoms with Crippen molar-refractivity contribution in [2.24, 2.45) is 0 Å². The second-order valence-electron chi connectivity index (χ2n) is 2.67. The van der Waals surface area contributed by atoms with E-state index in [1.54, 1.807) is 6.92 Å². The number of allylic oxidation sites excluding steroid dienone is 3. The molecule has 0 aromatic rings. The maximum absolute atomic E-state index is 8.89. The second-order valence-corrected chi connectivity index (χ2v) is 2.67. The molecule has 0 aliphatic heterocycles. The van der Waals surface area contributed by atoms with E-state index in [1.165, 1.54) is 0 Å². The molecule has 1 atom stereocenters. The summed E-state index contributed by atoms with van der Waals surface area (Å²) in [7, 11) is 0. The quantitative estimate of drug-likeness (QED) is 0.604. The van der Waals surface area contributed by atoms with Crippen LogP contribution in [0.1, 0.15) is 33.1 Å². The lowest BCUT2D eigenvalue weighted by Crippen LogP contribution is -1.94. The molecule has 1 unspecified atom stereocenters. The number of rotatable bonds is 5. The van der Waals surface area contributed by atoms with Gasteiger partial charge in [0.2, 0.25) is 0 Å². The van der Waals surface area contributed by atoms with Crippen LogP contribution in [-0.2, 0) is 0 Å². The molecule has 0 bridgehead atoms. The van der Waals surface area contributed by atoms with Crippen LogP contribution in [0.5, 0.6) is 0 Å². The Morgan fingerprint density at radius 2 is 1.82 bits per heavy atom. The van der Waals surface area contributed by atoms with Crippen molar-refractivity contribution >= 4 is 0 Å². The minimum Gasteiger partial charge on any atom is -0.393 e. The van der Waals surface area contributed by atoms with Crippen LogP contribution >= 0.6 is 0 Å². The average molecular weight is 154 g/mol.